The Labute approximate surface area is 283 Å². The van der Waals surface area contributed by atoms with Crippen molar-refractivity contribution in [3.63, 3.8) is 0 Å². The van der Waals surface area contributed by atoms with Gasteiger partial charge >= 0.3 is 29.0 Å². The van der Waals surface area contributed by atoms with Crippen molar-refractivity contribution in [2.24, 2.45) is 5.92 Å². The van der Waals surface area contributed by atoms with Gasteiger partial charge in [0.05, 0.1) is 0 Å². The number of aliphatic carboxylic acids is 2. The maximum atomic E-state index is 11.6. The van der Waals surface area contributed by atoms with Gasteiger partial charge in [-0.05, 0) is 63.5 Å². The maximum Gasteiger partial charge on any atom is 4.00 e. The van der Waals surface area contributed by atoms with E-state index in [0.717, 1.165) is 66.0 Å². The Morgan fingerprint density at radius 2 is 1.40 bits per heavy atom. The third-order valence-corrected chi connectivity index (χ3v) is 9.12. The number of carboxylic acid groups (broad SMARTS) is 2. The summed E-state index contributed by atoms with van der Waals surface area (Å²) >= 11 is 9.53. The van der Waals surface area contributed by atoms with Crippen LogP contribution < -0.4 is 36.2 Å². The number of allylic oxidation sites excluding steroid dienone is 2. The Hall–Kier alpha value is -3.24. The number of hydrogen-bond acceptors (Lipinski definition) is 4. The number of hydrogen-bond donors (Lipinski definition) is 4. The molecule has 2 atom stereocenters. The van der Waals surface area contributed by atoms with Crippen LogP contribution in [0.15, 0.2) is 17.0 Å². The number of carbonyl (C=O) groups is 2. The van der Waals surface area contributed by atoms with E-state index in [0.29, 0.717) is 34.9 Å². The Morgan fingerprint density at radius 1 is 0.800 bits per heavy atom. The quantitative estimate of drug-likeness (QED) is 0.223. The molecule has 0 fully saturated rings. The van der Waals surface area contributed by atoms with Crippen LogP contribution in [0.4, 0.5) is 0 Å². The second kappa shape index (κ2) is 13.6. The molecular formula is C34H36FeN4O4S2. The van der Waals surface area contributed by atoms with Crippen LogP contribution in [0.3, 0.4) is 0 Å². The fourth-order valence-electron chi connectivity index (χ4n) is 6.25. The average Bonchev–Trinajstić information content (AvgIpc) is 3.59. The number of carboxylic acids is 2. The number of rotatable bonds is 7. The molecule has 2 aliphatic rings. The molecule has 0 radical (unpaired) electrons. The molecule has 2 aliphatic heterocycles. The minimum absolute atomic E-state index is 0. The average molecular weight is 685 g/mol. The number of aromatic nitrogens is 3. The summed E-state index contributed by atoms with van der Waals surface area (Å²) in [6, 6.07) is 0. The van der Waals surface area contributed by atoms with Crippen LogP contribution in [0.1, 0.15) is 78.5 Å². The molecule has 0 aliphatic carbocycles. The van der Waals surface area contributed by atoms with E-state index in [1.165, 1.54) is 0 Å². The van der Waals surface area contributed by atoms with Gasteiger partial charge in [-0.15, -0.1) is 51.5 Å². The first-order valence-corrected chi connectivity index (χ1v) is 15.6. The molecule has 45 heavy (non-hydrogen) atoms. The van der Waals surface area contributed by atoms with Crippen molar-refractivity contribution in [1.82, 2.24) is 15.0 Å². The topological polar surface area (TPSA) is 131 Å². The predicted molar refractivity (Wildman–Crippen MR) is 180 cm³/mol. The van der Waals surface area contributed by atoms with Gasteiger partial charge in [-0.2, -0.15) is 18.3 Å². The molecule has 236 valence electrons. The summed E-state index contributed by atoms with van der Waals surface area (Å²) in [6.07, 6.45) is 8.27. The molecule has 0 saturated heterocycles. The molecular weight excluding hydrogens is 648 g/mol. The number of nitrogens with zero attached hydrogens (tertiary/aromatic N) is 4. The zero-order valence-corrected chi connectivity index (χ0v) is 28.9. The second-order valence-electron chi connectivity index (χ2n) is 11.6. The summed E-state index contributed by atoms with van der Waals surface area (Å²) in [5.41, 5.74) is 9.20. The smallest absolute Gasteiger partial charge is 0.661 e. The van der Waals surface area contributed by atoms with Gasteiger partial charge in [-0.3, -0.25) is 9.59 Å². The van der Waals surface area contributed by atoms with E-state index in [9.17, 15) is 19.8 Å². The predicted octanol–water partition coefficient (Wildman–Crippen LogP) is 2.96. The summed E-state index contributed by atoms with van der Waals surface area (Å²) in [5.74, 6) is -1.82. The zero-order chi connectivity index (χ0) is 32.0. The summed E-state index contributed by atoms with van der Waals surface area (Å²) in [4.78, 5) is 38.9. The van der Waals surface area contributed by atoms with E-state index in [4.69, 9.17) is 45.5 Å². The van der Waals surface area contributed by atoms with E-state index >= 15 is 0 Å². The van der Waals surface area contributed by atoms with Gasteiger partial charge in [0, 0.05) is 18.1 Å². The van der Waals surface area contributed by atoms with Gasteiger partial charge in [-0.25, -0.2) is 0 Å². The fourth-order valence-corrected chi connectivity index (χ4v) is 6.90. The molecule has 0 aromatic carbocycles. The summed E-state index contributed by atoms with van der Waals surface area (Å²) < 4.78 is 0. The molecule has 0 saturated carbocycles. The van der Waals surface area contributed by atoms with Crippen molar-refractivity contribution < 1.29 is 36.9 Å². The third kappa shape index (κ3) is 6.82. The van der Waals surface area contributed by atoms with Crippen LogP contribution in [0, 0.1) is 26.7 Å². The minimum Gasteiger partial charge on any atom is -0.661 e. The summed E-state index contributed by atoms with van der Waals surface area (Å²) in [6.45, 7) is 12.0. The first-order chi connectivity index (χ1) is 20.8. The van der Waals surface area contributed by atoms with Crippen molar-refractivity contribution >= 4 is 66.4 Å². The third-order valence-electron chi connectivity index (χ3n) is 8.60. The Bertz CT molecular complexity index is 2010. The van der Waals surface area contributed by atoms with E-state index < -0.39 is 11.9 Å². The molecule has 5 heterocycles. The molecule has 2 N–H and O–H groups in total. The Balaban J connectivity index is 0.00000461. The van der Waals surface area contributed by atoms with Gasteiger partial charge in [0.2, 0.25) is 0 Å². The van der Waals surface area contributed by atoms with Crippen molar-refractivity contribution in [3.8, 4) is 0 Å². The zero-order valence-electron chi connectivity index (χ0n) is 26.0. The molecule has 8 bridgehead atoms. The van der Waals surface area contributed by atoms with Gasteiger partial charge in [0.1, 0.15) is 0 Å². The van der Waals surface area contributed by atoms with Crippen molar-refractivity contribution in [2.45, 2.75) is 72.5 Å². The van der Waals surface area contributed by atoms with E-state index in [1.54, 1.807) is 0 Å². The van der Waals surface area contributed by atoms with E-state index in [2.05, 4.69) is 13.8 Å². The Morgan fingerprint density at radius 3 is 2.00 bits per heavy atom. The van der Waals surface area contributed by atoms with Crippen LogP contribution in [-0.2, 0) is 39.5 Å². The monoisotopic (exact) mass is 684 g/mol. The van der Waals surface area contributed by atoms with Gasteiger partial charge in [-0.1, -0.05) is 64.6 Å². The molecule has 8 nitrogen and oxygen atoms in total. The van der Waals surface area contributed by atoms with E-state index in [-0.39, 0.29) is 41.1 Å². The molecule has 0 amide bonds. The molecule has 5 rings (SSSR count). The van der Waals surface area contributed by atoms with Gasteiger partial charge in [0.15, 0.2) is 0 Å². The van der Waals surface area contributed by atoms with Crippen LogP contribution >= 0.6 is 25.3 Å². The van der Waals surface area contributed by atoms with Crippen LogP contribution in [0.5, 0.6) is 0 Å². The molecule has 11 heteroatoms. The minimum atomic E-state index is -0.897. The van der Waals surface area contributed by atoms with E-state index in [1.807, 2.05) is 52.0 Å². The van der Waals surface area contributed by atoms with Crippen LogP contribution in [0.2, 0.25) is 0 Å². The van der Waals surface area contributed by atoms with Gasteiger partial charge in [0.25, 0.3) is 0 Å². The molecule has 0 unspecified atom stereocenters. The standard InChI is InChI=1S/C34H36N4O4S2.Fe/c1-15-21(7-9-31(39)40)27-14-28-22(8-10-32(41)42)16(2)24(36-28)12-29-34(20(6)44)18(4)26(38-29)13-30-33(19(5)43)17(3)25(37-30)11-23(15)35-27;/h11-14,19,33,43-44H,7-10H2,1-6H3,(H,39,40)(H,41,42);/q-4;+4/b23-11-,27-14-,29-12-,30-13-,34-20+;/t19-,33+;/m0./s1. The molecule has 3 aromatic rings. The van der Waals surface area contributed by atoms with Gasteiger partial charge < -0.3 is 30.5 Å². The SMILES string of the molecule is CC1=C2/C=c3\[n-]/c(c(CCC(=O)O)c3C)=C\c3[n-]c(c(C)c3CCC(=O)O)/C=c3\[n-]c(c(C)\c3=C(\C)S)/C=C(\[N-]2)[C@H]1[C@H](C)S.[Fe+4]. The molecule has 3 aromatic heterocycles. The van der Waals surface area contributed by atoms with Crippen LogP contribution in [0.25, 0.3) is 34.5 Å². The Kier molecular flexibility index (Phi) is 10.5. The normalized spacial score (nSPS) is 20.3. The summed E-state index contributed by atoms with van der Waals surface area (Å²) in [7, 11) is 0. The number of fused-ring (bicyclic) bond motifs is 8. The second-order valence-corrected chi connectivity index (χ2v) is 13.1. The fraction of sp³-hybridized carbons (Fsp3) is 0.353. The van der Waals surface area contributed by atoms with Crippen molar-refractivity contribution in [3.05, 3.63) is 88.4 Å². The molecule has 0 spiro atoms. The maximum absolute atomic E-state index is 11.6. The largest absolute Gasteiger partial charge is 4.00 e. The first-order valence-electron chi connectivity index (χ1n) is 14.6. The summed E-state index contributed by atoms with van der Waals surface area (Å²) in [5, 5.41) is 27.0. The number of thiol groups is 2. The van der Waals surface area contributed by atoms with Crippen molar-refractivity contribution in [1.29, 1.82) is 0 Å². The van der Waals surface area contributed by atoms with Crippen molar-refractivity contribution in [2.75, 3.05) is 0 Å². The van der Waals surface area contributed by atoms with Crippen LogP contribution in [-0.4, -0.2) is 27.4 Å². The first kappa shape index (κ1) is 34.6.